The fourth-order valence-corrected chi connectivity index (χ4v) is 3.62. The molecule has 1 fully saturated rings. The van der Waals surface area contributed by atoms with Crippen molar-refractivity contribution in [1.29, 1.82) is 0 Å². The molecule has 1 N–H and O–H groups in total. The number of rotatable bonds is 1. The van der Waals surface area contributed by atoms with Crippen LogP contribution in [0.2, 0.25) is 0 Å². The zero-order valence-corrected chi connectivity index (χ0v) is 11.2. The van der Waals surface area contributed by atoms with Crippen molar-refractivity contribution in [1.82, 2.24) is 0 Å². The molecule has 1 saturated carbocycles. The highest BCUT2D eigenvalue weighted by molar-refractivity contribution is 6.03. The summed E-state index contributed by atoms with van der Waals surface area (Å²) < 4.78 is 42.2. The average molecular weight is 290 g/mol. The van der Waals surface area contributed by atoms with Gasteiger partial charge in [-0.1, -0.05) is 25.0 Å². The third kappa shape index (κ3) is 1.59. The molecule has 21 heavy (non-hydrogen) atoms. The Hall–Kier alpha value is -1.97. The molecule has 108 valence electrons. The fourth-order valence-electron chi connectivity index (χ4n) is 3.62. The Labute approximate surface area is 120 Å². The molecule has 0 spiro atoms. The largest absolute Gasteiger partial charge is 0.505 e. The Kier molecular flexibility index (Phi) is 2.59. The van der Waals surface area contributed by atoms with E-state index in [9.17, 15) is 18.3 Å². The first kappa shape index (κ1) is 12.7. The van der Waals surface area contributed by atoms with Gasteiger partial charge in [0, 0.05) is 11.1 Å². The summed E-state index contributed by atoms with van der Waals surface area (Å²) in [6.45, 7) is 0. The van der Waals surface area contributed by atoms with Gasteiger partial charge in [0.15, 0.2) is 11.6 Å². The topological polar surface area (TPSA) is 20.2 Å². The molecule has 0 radical (unpaired) electrons. The minimum atomic E-state index is -1.31. The van der Waals surface area contributed by atoms with E-state index in [1.807, 2.05) is 0 Å². The van der Waals surface area contributed by atoms with E-state index in [-0.39, 0.29) is 17.0 Å². The molecule has 4 heteroatoms. The highest BCUT2D eigenvalue weighted by Gasteiger charge is 2.35. The lowest BCUT2D eigenvalue weighted by molar-refractivity contribution is 0.408. The molecule has 0 saturated heterocycles. The van der Waals surface area contributed by atoms with Gasteiger partial charge in [-0.3, -0.25) is 0 Å². The molecule has 0 unspecified atom stereocenters. The number of phenolic OH excluding ortho intramolecular Hbond substituents is 1. The second kappa shape index (κ2) is 4.26. The second-order valence-electron chi connectivity index (χ2n) is 5.82. The number of hydrogen-bond donors (Lipinski definition) is 1. The van der Waals surface area contributed by atoms with Gasteiger partial charge < -0.3 is 5.11 Å². The number of benzene rings is 2. The van der Waals surface area contributed by atoms with Crippen LogP contribution in [-0.4, -0.2) is 5.11 Å². The van der Waals surface area contributed by atoms with Crippen LogP contribution in [0.5, 0.6) is 5.75 Å². The monoisotopic (exact) mass is 290 g/mol. The van der Waals surface area contributed by atoms with E-state index in [1.165, 1.54) is 0 Å². The van der Waals surface area contributed by atoms with Crippen molar-refractivity contribution in [3.05, 3.63) is 41.2 Å². The second-order valence-corrected chi connectivity index (χ2v) is 5.82. The van der Waals surface area contributed by atoms with Crippen LogP contribution in [0.1, 0.15) is 37.2 Å². The van der Waals surface area contributed by atoms with Crippen LogP contribution < -0.4 is 0 Å². The van der Waals surface area contributed by atoms with Gasteiger partial charge in [-0.2, -0.15) is 4.39 Å². The maximum absolute atomic E-state index is 14.7. The maximum Gasteiger partial charge on any atom is 0.201 e. The molecule has 2 aromatic carbocycles. The molecule has 2 aliphatic rings. The first-order valence-electron chi connectivity index (χ1n) is 7.13. The zero-order valence-electron chi connectivity index (χ0n) is 11.2. The lowest BCUT2D eigenvalue weighted by Gasteiger charge is -2.27. The van der Waals surface area contributed by atoms with E-state index in [0.29, 0.717) is 16.7 Å². The minimum Gasteiger partial charge on any atom is -0.505 e. The van der Waals surface area contributed by atoms with Gasteiger partial charge in [0.2, 0.25) is 5.82 Å². The molecular weight excluding hydrogens is 277 g/mol. The van der Waals surface area contributed by atoms with Gasteiger partial charge in [0.05, 0.1) is 0 Å². The number of hydrogen-bond acceptors (Lipinski definition) is 1. The molecule has 2 aromatic rings. The number of halogens is 3. The highest BCUT2D eigenvalue weighted by atomic mass is 19.2. The van der Waals surface area contributed by atoms with Crippen LogP contribution in [0, 0.1) is 17.5 Å². The first-order valence-corrected chi connectivity index (χ1v) is 7.13. The van der Waals surface area contributed by atoms with E-state index >= 15 is 0 Å². The standard InChI is InChI=1S/C17H13F3O/c18-15-9(8-3-1-2-4-8)5-6-10-11-7-12(21)16(19)17(20)14(11)13(10)15/h5-8,21H,1-4H2. The average Bonchev–Trinajstić information content (AvgIpc) is 2.97. The van der Waals surface area contributed by atoms with Crippen LogP contribution in [0.3, 0.4) is 0 Å². The van der Waals surface area contributed by atoms with E-state index in [1.54, 1.807) is 12.1 Å². The number of fused-ring (bicyclic) bond motifs is 4. The van der Waals surface area contributed by atoms with Crippen molar-refractivity contribution in [3.8, 4) is 28.0 Å². The van der Waals surface area contributed by atoms with E-state index in [4.69, 9.17) is 0 Å². The van der Waals surface area contributed by atoms with Gasteiger partial charge in [0.25, 0.3) is 0 Å². The first-order chi connectivity index (χ1) is 10.1. The van der Waals surface area contributed by atoms with Crippen LogP contribution >= 0.6 is 0 Å². The van der Waals surface area contributed by atoms with Crippen molar-refractivity contribution >= 4 is 0 Å². The lowest BCUT2D eigenvalue weighted by atomic mass is 9.77. The summed E-state index contributed by atoms with van der Waals surface area (Å²) in [6.07, 6.45) is 4.03. The van der Waals surface area contributed by atoms with Gasteiger partial charge in [-0.25, -0.2) is 8.78 Å². The predicted octanol–water partition coefficient (Wildman–Crippen LogP) is 5.11. The predicted molar refractivity (Wildman–Crippen MR) is 73.6 cm³/mol. The van der Waals surface area contributed by atoms with Gasteiger partial charge in [-0.15, -0.1) is 0 Å². The molecule has 0 amide bonds. The van der Waals surface area contributed by atoms with E-state index in [2.05, 4.69) is 0 Å². The normalized spacial score (nSPS) is 16.5. The molecular formula is C17H13F3O. The third-order valence-electron chi connectivity index (χ3n) is 4.69. The number of phenols is 1. The van der Waals surface area contributed by atoms with Crippen LogP contribution in [0.25, 0.3) is 22.3 Å². The molecule has 0 atom stereocenters. The van der Waals surface area contributed by atoms with Crippen molar-refractivity contribution < 1.29 is 18.3 Å². The van der Waals surface area contributed by atoms with Crippen molar-refractivity contribution in [3.63, 3.8) is 0 Å². The molecule has 2 aliphatic carbocycles. The summed E-state index contributed by atoms with van der Waals surface area (Å²) in [7, 11) is 0. The van der Waals surface area contributed by atoms with E-state index in [0.717, 1.165) is 31.7 Å². The third-order valence-corrected chi connectivity index (χ3v) is 4.69. The van der Waals surface area contributed by atoms with Gasteiger partial charge in [0.1, 0.15) is 5.82 Å². The molecule has 0 aromatic heterocycles. The van der Waals surface area contributed by atoms with Gasteiger partial charge >= 0.3 is 0 Å². The smallest absolute Gasteiger partial charge is 0.201 e. The summed E-state index contributed by atoms with van der Waals surface area (Å²) in [4.78, 5) is 0. The molecule has 0 heterocycles. The van der Waals surface area contributed by atoms with Crippen LogP contribution in [0.4, 0.5) is 13.2 Å². The summed E-state index contributed by atoms with van der Waals surface area (Å²) in [5.74, 6) is -3.48. The summed E-state index contributed by atoms with van der Waals surface area (Å²) in [6, 6.07) is 4.64. The Balaban J connectivity index is 1.89. The molecule has 4 rings (SSSR count). The maximum atomic E-state index is 14.7. The van der Waals surface area contributed by atoms with E-state index < -0.39 is 23.2 Å². The Bertz CT molecular complexity index is 761. The number of aromatic hydroxyl groups is 1. The Morgan fingerprint density at radius 3 is 2.24 bits per heavy atom. The molecule has 0 aliphatic heterocycles. The SMILES string of the molecule is Oc1cc2c(c(F)c1F)-c1c-2ccc(C2CCCC2)c1F. The summed E-state index contributed by atoms with van der Waals surface area (Å²) in [5, 5.41) is 9.35. The fraction of sp³-hybridized carbons (Fsp3) is 0.294. The van der Waals surface area contributed by atoms with Crippen LogP contribution in [0.15, 0.2) is 18.2 Å². The Morgan fingerprint density at radius 1 is 0.857 bits per heavy atom. The minimum absolute atomic E-state index is 0.0438. The summed E-state index contributed by atoms with van der Waals surface area (Å²) >= 11 is 0. The lowest BCUT2D eigenvalue weighted by Crippen LogP contribution is -2.09. The molecule has 0 bridgehead atoms. The molecule has 1 nitrogen and oxygen atoms in total. The van der Waals surface area contributed by atoms with Crippen molar-refractivity contribution in [2.75, 3.05) is 0 Å². The quantitative estimate of drug-likeness (QED) is 0.660. The van der Waals surface area contributed by atoms with Gasteiger partial charge in [-0.05, 0) is 41.5 Å². The van der Waals surface area contributed by atoms with Crippen molar-refractivity contribution in [2.24, 2.45) is 0 Å². The van der Waals surface area contributed by atoms with Crippen LogP contribution in [-0.2, 0) is 0 Å². The van der Waals surface area contributed by atoms with Crippen molar-refractivity contribution in [2.45, 2.75) is 31.6 Å². The summed E-state index contributed by atoms with van der Waals surface area (Å²) in [5.41, 5.74) is 1.63. The Morgan fingerprint density at radius 2 is 1.52 bits per heavy atom. The zero-order chi connectivity index (χ0) is 14.7. The highest BCUT2D eigenvalue weighted by Crippen LogP contribution is 2.53.